The van der Waals surface area contributed by atoms with Crippen LogP contribution in [0, 0.1) is 0 Å². The topological polar surface area (TPSA) is 129 Å². The van der Waals surface area contributed by atoms with Gasteiger partial charge in [-0.25, -0.2) is 4.79 Å². The summed E-state index contributed by atoms with van der Waals surface area (Å²) < 4.78 is 11.8. The van der Waals surface area contributed by atoms with E-state index in [1.54, 1.807) is 0 Å². The number of hydrogen-bond donors (Lipinski definition) is 4. The van der Waals surface area contributed by atoms with E-state index in [0.29, 0.717) is 13.0 Å². The van der Waals surface area contributed by atoms with Gasteiger partial charge in [-0.15, -0.1) is 0 Å². The average Bonchev–Trinajstić information content (AvgIpc) is 3.03. The van der Waals surface area contributed by atoms with E-state index >= 15 is 0 Å². The van der Waals surface area contributed by atoms with E-state index in [0.717, 1.165) is 38.5 Å². The van der Waals surface area contributed by atoms with Crippen LogP contribution in [-0.2, 0) is 14.3 Å². The molecule has 0 aromatic carbocycles. The van der Waals surface area contributed by atoms with Crippen molar-refractivity contribution in [2.24, 2.45) is 0 Å². The number of carbonyl (C=O) groups is 2. The molecule has 9 heteroatoms. The standard InChI is InChI=1S/C37H72N2O7/c1-5-7-9-11-13-15-17-18-19-21-23-25-27-30(3)45-37(44)39(28-26-24-22-20-16-14-12-10-8-6-2)36-33(38-31(4)41)35(43)34(42)32(29-40)46-36/h30,32-36,40,42-43H,5-29H2,1-4H3,(H,38,41)/t30?,32-,33-,34-,35-,36?/m1/s1. The van der Waals surface area contributed by atoms with Crippen molar-refractivity contribution in [2.75, 3.05) is 13.2 Å². The number of hydrogen-bond acceptors (Lipinski definition) is 7. The maximum atomic E-state index is 13.6. The minimum absolute atomic E-state index is 0.294. The third-order valence-electron chi connectivity index (χ3n) is 9.33. The second-order valence-corrected chi connectivity index (χ2v) is 13.7. The first kappa shape index (κ1) is 42.6. The summed E-state index contributed by atoms with van der Waals surface area (Å²) >= 11 is 0. The van der Waals surface area contributed by atoms with Crippen LogP contribution in [0.1, 0.15) is 175 Å². The average molecular weight is 657 g/mol. The van der Waals surface area contributed by atoms with Crippen molar-refractivity contribution >= 4 is 12.0 Å². The Kier molecular flexibility index (Phi) is 25.5. The van der Waals surface area contributed by atoms with Crippen molar-refractivity contribution in [3.63, 3.8) is 0 Å². The Morgan fingerprint density at radius 3 is 1.59 bits per heavy atom. The van der Waals surface area contributed by atoms with Crippen LogP contribution in [-0.4, -0.2) is 82.1 Å². The Labute approximate surface area is 281 Å². The highest BCUT2D eigenvalue weighted by Gasteiger charge is 2.48. The summed E-state index contributed by atoms with van der Waals surface area (Å²) in [6.07, 6.45) is 21.6. The minimum atomic E-state index is -1.42. The first-order valence-corrected chi connectivity index (χ1v) is 19.1. The van der Waals surface area contributed by atoms with Crippen LogP contribution in [0.25, 0.3) is 0 Å². The zero-order chi connectivity index (χ0) is 34.0. The number of unbranched alkanes of at least 4 members (excludes halogenated alkanes) is 20. The zero-order valence-electron chi connectivity index (χ0n) is 30.1. The molecule has 0 bridgehead atoms. The number of nitrogens with zero attached hydrogens (tertiary/aromatic N) is 1. The first-order valence-electron chi connectivity index (χ1n) is 19.1. The van der Waals surface area contributed by atoms with E-state index in [1.165, 1.54) is 115 Å². The molecule has 2 unspecified atom stereocenters. The van der Waals surface area contributed by atoms with Gasteiger partial charge in [0.15, 0.2) is 6.23 Å². The van der Waals surface area contributed by atoms with E-state index in [1.807, 2.05) is 6.92 Å². The number of rotatable bonds is 28. The minimum Gasteiger partial charge on any atom is -0.446 e. The van der Waals surface area contributed by atoms with Gasteiger partial charge < -0.3 is 30.1 Å². The van der Waals surface area contributed by atoms with E-state index in [-0.39, 0.29) is 6.10 Å². The van der Waals surface area contributed by atoms with Gasteiger partial charge in [-0.3, -0.25) is 9.69 Å². The van der Waals surface area contributed by atoms with Crippen molar-refractivity contribution in [1.29, 1.82) is 0 Å². The largest absolute Gasteiger partial charge is 0.446 e. The second-order valence-electron chi connectivity index (χ2n) is 13.7. The molecule has 1 fully saturated rings. The predicted molar refractivity (Wildman–Crippen MR) is 186 cm³/mol. The van der Waals surface area contributed by atoms with Gasteiger partial charge in [0.05, 0.1) is 6.61 Å². The molecule has 0 saturated carbocycles. The molecule has 1 aliphatic heterocycles. The lowest BCUT2D eigenvalue weighted by atomic mass is 9.95. The molecule has 9 nitrogen and oxygen atoms in total. The molecule has 1 rings (SSSR count). The summed E-state index contributed by atoms with van der Waals surface area (Å²) in [4.78, 5) is 27.0. The fourth-order valence-corrected chi connectivity index (χ4v) is 6.42. The van der Waals surface area contributed by atoms with Gasteiger partial charge in [0, 0.05) is 13.5 Å². The van der Waals surface area contributed by atoms with E-state index < -0.39 is 49.2 Å². The van der Waals surface area contributed by atoms with Gasteiger partial charge in [0.2, 0.25) is 5.91 Å². The maximum Gasteiger partial charge on any atom is 0.412 e. The number of carbonyl (C=O) groups excluding carboxylic acids is 2. The lowest BCUT2D eigenvalue weighted by Gasteiger charge is -2.46. The van der Waals surface area contributed by atoms with Gasteiger partial charge in [-0.1, -0.05) is 142 Å². The second kappa shape index (κ2) is 27.5. The highest BCUT2D eigenvalue weighted by molar-refractivity contribution is 5.74. The van der Waals surface area contributed by atoms with Crippen molar-refractivity contribution < 1.29 is 34.4 Å². The Morgan fingerprint density at radius 1 is 0.717 bits per heavy atom. The Balaban J connectivity index is 2.62. The van der Waals surface area contributed by atoms with Gasteiger partial charge in [-0.2, -0.15) is 0 Å². The molecule has 0 spiro atoms. The monoisotopic (exact) mass is 657 g/mol. The molecule has 0 aliphatic carbocycles. The molecule has 46 heavy (non-hydrogen) atoms. The smallest absolute Gasteiger partial charge is 0.412 e. The molecular weight excluding hydrogens is 584 g/mol. The maximum absolute atomic E-state index is 13.6. The number of ether oxygens (including phenoxy) is 2. The fraction of sp³-hybridized carbons (Fsp3) is 0.946. The molecule has 0 aromatic rings. The number of aliphatic hydroxyl groups is 3. The van der Waals surface area contributed by atoms with Crippen molar-refractivity contribution in [2.45, 2.75) is 212 Å². The summed E-state index contributed by atoms with van der Waals surface area (Å²) in [5.41, 5.74) is 0. The molecule has 0 radical (unpaired) electrons. The van der Waals surface area contributed by atoms with Crippen LogP contribution < -0.4 is 5.32 Å². The molecule has 1 saturated heterocycles. The Hall–Kier alpha value is -1.42. The lowest BCUT2D eigenvalue weighted by molar-refractivity contribution is -0.227. The van der Waals surface area contributed by atoms with Crippen LogP contribution in [0.2, 0.25) is 0 Å². The lowest BCUT2D eigenvalue weighted by Crippen LogP contribution is -2.68. The fourth-order valence-electron chi connectivity index (χ4n) is 6.42. The highest BCUT2D eigenvalue weighted by Crippen LogP contribution is 2.26. The summed E-state index contributed by atoms with van der Waals surface area (Å²) in [5, 5.41) is 33.8. The number of aliphatic hydroxyl groups excluding tert-OH is 3. The van der Waals surface area contributed by atoms with Gasteiger partial charge >= 0.3 is 6.09 Å². The normalized spacial score (nSPS) is 22.0. The molecular formula is C37H72N2O7. The highest BCUT2D eigenvalue weighted by atomic mass is 16.6. The molecule has 6 atom stereocenters. The van der Waals surface area contributed by atoms with Crippen LogP contribution >= 0.6 is 0 Å². The zero-order valence-corrected chi connectivity index (χ0v) is 30.1. The summed E-state index contributed by atoms with van der Waals surface area (Å²) in [6.45, 7) is 7.49. The molecule has 0 aromatic heterocycles. The van der Waals surface area contributed by atoms with E-state index in [4.69, 9.17) is 9.47 Å². The first-order chi connectivity index (χ1) is 22.3. The van der Waals surface area contributed by atoms with Crippen molar-refractivity contribution in [3.8, 4) is 0 Å². The third kappa shape index (κ3) is 18.8. The van der Waals surface area contributed by atoms with Gasteiger partial charge in [0.1, 0.15) is 30.5 Å². The Bertz CT molecular complexity index is 755. The van der Waals surface area contributed by atoms with E-state index in [2.05, 4.69) is 19.2 Å². The molecule has 2 amide bonds. The van der Waals surface area contributed by atoms with Crippen LogP contribution in [0.4, 0.5) is 4.79 Å². The molecule has 1 heterocycles. The van der Waals surface area contributed by atoms with Crippen LogP contribution in [0.3, 0.4) is 0 Å². The van der Waals surface area contributed by atoms with Crippen molar-refractivity contribution in [3.05, 3.63) is 0 Å². The van der Waals surface area contributed by atoms with Crippen molar-refractivity contribution in [1.82, 2.24) is 10.2 Å². The van der Waals surface area contributed by atoms with Gasteiger partial charge in [-0.05, 0) is 26.2 Å². The Morgan fingerprint density at radius 2 is 1.15 bits per heavy atom. The summed E-state index contributed by atoms with van der Waals surface area (Å²) in [7, 11) is 0. The summed E-state index contributed by atoms with van der Waals surface area (Å²) in [6, 6.07) is -1.06. The molecule has 4 N–H and O–H groups in total. The predicted octanol–water partition coefficient (Wildman–Crippen LogP) is 7.77. The third-order valence-corrected chi connectivity index (χ3v) is 9.33. The quantitative estimate of drug-likeness (QED) is 0.0634. The van der Waals surface area contributed by atoms with Crippen LogP contribution in [0.15, 0.2) is 0 Å². The van der Waals surface area contributed by atoms with E-state index in [9.17, 15) is 24.9 Å². The summed E-state index contributed by atoms with van der Waals surface area (Å²) in [5.74, 6) is -0.417. The SMILES string of the molecule is CCCCCCCCCCCCCCC(C)OC(=O)N(CCCCCCCCCCCC)C1O[C@H](CO)[C@@H](O)[C@H](O)[C@H]1NC(C)=O. The number of nitrogens with one attached hydrogen (secondary N) is 1. The molecule has 1 aliphatic rings. The van der Waals surface area contributed by atoms with Crippen LogP contribution in [0.5, 0.6) is 0 Å². The van der Waals surface area contributed by atoms with Gasteiger partial charge in [0.25, 0.3) is 0 Å². The number of amides is 2. The molecule has 272 valence electrons.